The number of alkyl halides is 2. The summed E-state index contributed by atoms with van der Waals surface area (Å²) in [6.07, 6.45) is 0.177. The first-order chi connectivity index (χ1) is 8.88. The molecule has 0 aliphatic carbocycles. The highest BCUT2D eigenvalue weighted by atomic mass is 19.3. The third kappa shape index (κ3) is 3.13. The molecule has 6 heteroatoms. The molecule has 0 atom stereocenters. The summed E-state index contributed by atoms with van der Waals surface area (Å²) in [4.78, 5) is 10.8. The number of hydrogen-bond donors (Lipinski definition) is 1. The Labute approximate surface area is 108 Å². The summed E-state index contributed by atoms with van der Waals surface area (Å²) in [6, 6.07) is 2.51. The third-order valence-corrected chi connectivity index (χ3v) is 2.79. The van der Waals surface area contributed by atoms with Crippen molar-refractivity contribution in [1.82, 2.24) is 0 Å². The van der Waals surface area contributed by atoms with Gasteiger partial charge in [0.25, 0.3) is 5.92 Å². The molecule has 1 aliphatic heterocycles. The van der Waals surface area contributed by atoms with Crippen molar-refractivity contribution in [3.05, 3.63) is 23.3 Å². The second-order valence-electron chi connectivity index (χ2n) is 4.47. The summed E-state index contributed by atoms with van der Waals surface area (Å²) in [7, 11) is 0. The molecule has 2 rings (SSSR count). The number of rotatable bonds is 3. The highest BCUT2D eigenvalue weighted by Crippen LogP contribution is 2.39. The first-order valence-electron chi connectivity index (χ1n) is 5.90. The number of halogens is 2. The van der Waals surface area contributed by atoms with Crippen LogP contribution in [0.15, 0.2) is 12.1 Å². The molecule has 0 fully saturated rings. The van der Waals surface area contributed by atoms with E-state index in [1.807, 2.05) is 0 Å². The van der Waals surface area contributed by atoms with Crippen LogP contribution in [0, 0.1) is 0 Å². The minimum atomic E-state index is -3.13. The predicted molar refractivity (Wildman–Crippen MR) is 63.0 cm³/mol. The first kappa shape index (κ1) is 13.6. The standard InChI is InChI=1S/C13H14F2O4/c1-13(14,15)9-7-11-10(18-3-2-4-19-11)5-8(9)6-12(16)17/h5,7H,2-4,6H2,1H3,(H,16,17). The van der Waals surface area contributed by atoms with Crippen molar-refractivity contribution in [3.63, 3.8) is 0 Å². The fourth-order valence-corrected chi connectivity index (χ4v) is 1.97. The van der Waals surface area contributed by atoms with Gasteiger partial charge in [-0.25, -0.2) is 8.78 Å². The number of carboxylic acids is 1. The molecule has 0 bridgehead atoms. The molecule has 1 aromatic carbocycles. The van der Waals surface area contributed by atoms with Crippen LogP contribution >= 0.6 is 0 Å². The van der Waals surface area contributed by atoms with Crippen LogP contribution in [-0.2, 0) is 17.1 Å². The van der Waals surface area contributed by atoms with E-state index in [2.05, 4.69) is 0 Å². The highest BCUT2D eigenvalue weighted by Gasteiger charge is 2.30. The van der Waals surface area contributed by atoms with E-state index in [0.717, 1.165) is 6.92 Å². The van der Waals surface area contributed by atoms with Gasteiger partial charge in [-0.3, -0.25) is 4.79 Å². The van der Waals surface area contributed by atoms with Crippen LogP contribution in [0.1, 0.15) is 24.5 Å². The lowest BCUT2D eigenvalue weighted by Gasteiger charge is -2.18. The van der Waals surface area contributed by atoms with E-state index < -0.39 is 18.3 Å². The van der Waals surface area contributed by atoms with Crippen LogP contribution in [0.5, 0.6) is 11.5 Å². The maximum absolute atomic E-state index is 13.5. The number of aliphatic carboxylic acids is 1. The molecule has 0 saturated carbocycles. The van der Waals surface area contributed by atoms with E-state index in [0.29, 0.717) is 25.4 Å². The van der Waals surface area contributed by atoms with Gasteiger partial charge in [0.15, 0.2) is 11.5 Å². The molecule has 0 unspecified atom stereocenters. The lowest BCUT2D eigenvalue weighted by Crippen LogP contribution is -2.14. The van der Waals surface area contributed by atoms with E-state index in [4.69, 9.17) is 14.6 Å². The summed E-state index contributed by atoms with van der Waals surface area (Å²) >= 11 is 0. The summed E-state index contributed by atoms with van der Waals surface area (Å²) in [5, 5.41) is 8.80. The zero-order valence-electron chi connectivity index (χ0n) is 10.4. The van der Waals surface area contributed by atoms with Gasteiger partial charge in [-0.05, 0) is 17.7 Å². The zero-order valence-corrected chi connectivity index (χ0v) is 10.4. The van der Waals surface area contributed by atoms with Gasteiger partial charge in [0.05, 0.1) is 19.6 Å². The summed E-state index contributed by atoms with van der Waals surface area (Å²) in [5.74, 6) is -3.74. The SMILES string of the molecule is CC(F)(F)c1cc2c(cc1CC(=O)O)OCCCO2. The second kappa shape index (κ2) is 5.03. The largest absolute Gasteiger partial charge is 0.490 e. The Morgan fingerprint density at radius 3 is 2.42 bits per heavy atom. The maximum Gasteiger partial charge on any atom is 0.307 e. The van der Waals surface area contributed by atoms with Crippen molar-refractivity contribution in [2.24, 2.45) is 0 Å². The number of carboxylic acid groups (broad SMARTS) is 1. The smallest absolute Gasteiger partial charge is 0.307 e. The molecule has 1 N–H and O–H groups in total. The molecule has 0 amide bonds. The van der Waals surface area contributed by atoms with Crippen molar-refractivity contribution >= 4 is 5.97 Å². The lowest BCUT2D eigenvalue weighted by atomic mass is 9.99. The average Bonchev–Trinajstić information content (AvgIpc) is 2.50. The minimum Gasteiger partial charge on any atom is -0.490 e. The fourth-order valence-electron chi connectivity index (χ4n) is 1.97. The van der Waals surface area contributed by atoms with E-state index in [-0.39, 0.29) is 16.9 Å². The molecule has 1 aliphatic rings. The predicted octanol–water partition coefficient (Wildman–Crippen LogP) is 2.59. The average molecular weight is 272 g/mol. The molecule has 19 heavy (non-hydrogen) atoms. The van der Waals surface area contributed by atoms with Crippen LogP contribution in [-0.4, -0.2) is 24.3 Å². The Hall–Kier alpha value is -1.85. The topological polar surface area (TPSA) is 55.8 Å². The van der Waals surface area contributed by atoms with Crippen molar-refractivity contribution in [1.29, 1.82) is 0 Å². The monoisotopic (exact) mass is 272 g/mol. The van der Waals surface area contributed by atoms with E-state index in [1.54, 1.807) is 0 Å². The van der Waals surface area contributed by atoms with Crippen molar-refractivity contribution < 1.29 is 28.2 Å². The number of carbonyl (C=O) groups is 1. The number of ether oxygens (including phenoxy) is 2. The molecule has 0 spiro atoms. The van der Waals surface area contributed by atoms with Gasteiger partial charge in [0, 0.05) is 18.9 Å². The van der Waals surface area contributed by atoms with Gasteiger partial charge in [-0.15, -0.1) is 0 Å². The molecule has 4 nitrogen and oxygen atoms in total. The van der Waals surface area contributed by atoms with Crippen LogP contribution in [0.3, 0.4) is 0 Å². The van der Waals surface area contributed by atoms with Crippen molar-refractivity contribution in [2.45, 2.75) is 25.7 Å². The Balaban J connectivity index is 2.50. The minimum absolute atomic E-state index is 0.0456. The van der Waals surface area contributed by atoms with Gasteiger partial charge < -0.3 is 14.6 Å². The third-order valence-electron chi connectivity index (χ3n) is 2.79. The molecule has 0 radical (unpaired) electrons. The maximum atomic E-state index is 13.5. The number of hydrogen-bond acceptors (Lipinski definition) is 3. The van der Waals surface area contributed by atoms with Gasteiger partial charge in [0.2, 0.25) is 0 Å². The second-order valence-corrected chi connectivity index (χ2v) is 4.47. The molecular formula is C13H14F2O4. The zero-order chi connectivity index (χ0) is 14.0. The Morgan fingerprint density at radius 2 is 1.89 bits per heavy atom. The van der Waals surface area contributed by atoms with Gasteiger partial charge in [-0.2, -0.15) is 0 Å². The van der Waals surface area contributed by atoms with E-state index in [1.165, 1.54) is 12.1 Å². The highest BCUT2D eigenvalue weighted by molar-refractivity contribution is 5.71. The molecule has 1 aromatic rings. The normalized spacial score (nSPS) is 14.9. The Kier molecular flexibility index (Phi) is 3.59. The Morgan fingerprint density at radius 1 is 1.32 bits per heavy atom. The summed E-state index contributed by atoms with van der Waals surface area (Å²) < 4.78 is 37.8. The van der Waals surface area contributed by atoms with Gasteiger partial charge >= 0.3 is 5.97 Å². The van der Waals surface area contributed by atoms with Gasteiger partial charge in [0.1, 0.15) is 0 Å². The van der Waals surface area contributed by atoms with E-state index in [9.17, 15) is 13.6 Å². The van der Waals surface area contributed by atoms with Crippen LogP contribution in [0.2, 0.25) is 0 Å². The van der Waals surface area contributed by atoms with Crippen molar-refractivity contribution in [3.8, 4) is 11.5 Å². The molecular weight excluding hydrogens is 258 g/mol. The molecule has 0 saturated heterocycles. The molecule has 104 valence electrons. The van der Waals surface area contributed by atoms with Crippen LogP contribution < -0.4 is 9.47 Å². The quantitative estimate of drug-likeness (QED) is 0.918. The Bertz CT molecular complexity index is 494. The number of benzene rings is 1. The fraction of sp³-hybridized carbons (Fsp3) is 0.462. The summed E-state index contributed by atoms with van der Waals surface area (Å²) in [5.41, 5.74) is -0.289. The lowest BCUT2D eigenvalue weighted by molar-refractivity contribution is -0.136. The van der Waals surface area contributed by atoms with Gasteiger partial charge in [-0.1, -0.05) is 0 Å². The summed E-state index contributed by atoms with van der Waals surface area (Å²) in [6.45, 7) is 1.54. The molecule has 0 aromatic heterocycles. The van der Waals surface area contributed by atoms with E-state index >= 15 is 0 Å². The number of fused-ring (bicyclic) bond motifs is 1. The first-order valence-corrected chi connectivity index (χ1v) is 5.90. The van der Waals surface area contributed by atoms with Crippen LogP contribution in [0.25, 0.3) is 0 Å². The van der Waals surface area contributed by atoms with Crippen LogP contribution in [0.4, 0.5) is 8.78 Å². The molecule has 1 heterocycles. The van der Waals surface area contributed by atoms with Crippen molar-refractivity contribution in [2.75, 3.05) is 13.2 Å².